The van der Waals surface area contributed by atoms with E-state index in [0.717, 1.165) is 12.1 Å². The predicted octanol–water partition coefficient (Wildman–Crippen LogP) is 2.89. The third-order valence-electron chi connectivity index (χ3n) is 3.24. The number of fused-ring (bicyclic) bond motifs is 1. The minimum absolute atomic E-state index is 0.0790. The van der Waals surface area contributed by atoms with Gasteiger partial charge < -0.3 is 9.30 Å². The summed E-state index contributed by atoms with van der Waals surface area (Å²) in [5.41, 5.74) is -0.668. The molecule has 0 aliphatic carbocycles. The topological polar surface area (TPSA) is 48.3 Å². The minimum atomic E-state index is -4.53. The van der Waals surface area contributed by atoms with Crippen molar-refractivity contribution in [3.8, 4) is 0 Å². The molecule has 1 heterocycles. The highest BCUT2D eigenvalue weighted by Gasteiger charge is 2.30. The van der Waals surface area contributed by atoms with Crippen LogP contribution in [0.4, 0.5) is 13.2 Å². The van der Waals surface area contributed by atoms with Gasteiger partial charge in [-0.05, 0) is 32.0 Å². The Morgan fingerprint density at radius 3 is 2.55 bits per heavy atom. The first kappa shape index (κ1) is 16.1. The van der Waals surface area contributed by atoms with Crippen molar-refractivity contribution < 1.29 is 22.7 Å². The molecule has 1 aromatic heterocycles. The van der Waals surface area contributed by atoms with Crippen LogP contribution in [0.3, 0.4) is 0 Å². The van der Waals surface area contributed by atoms with Crippen LogP contribution in [0.1, 0.15) is 18.2 Å². The van der Waals surface area contributed by atoms with Crippen molar-refractivity contribution in [3.05, 3.63) is 45.7 Å². The Kier molecular flexibility index (Phi) is 4.25. The van der Waals surface area contributed by atoms with E-state index in [1.807, 2.05) is 0 Å². The molecule has 2 rings (SSSR count). The van der Waals surface area contributed by atoms with Gasteiger partial charge in [0.2, 0.25) is 0 Å². The monoisotopic (exact) mass is 313 g/mol. The summed E-state index contributed by atoms with van der Waals surface area (Å²) in [6.45, 7) is 3.30. The van der Waals surface area contributed by atoms with Gasteiger partial charge in [-0.15, -0.1) is 0 Å². The van der Waals surface area contributed by atoms with Crippen LogP contribution in [0, 0.1) is 6.92 Å². The van der Waals surface area contributed by atoms with Crippen LogP contribution in [-0.4, -0.2) is 17.1 Å². The zero-order valence-electron chi connectivity index (χ0n) is 12.0. The van der Waals surface area contributed by atoms with E-state index in [1.54, 1.807) is 13.8 Å². The molecule has 22 heavy (non-hydrogen) atoms. The predicted molar refractivity (Wildman–Crippen MR) is 74.6 cm³/mol. The molecular weight excluding hydrogens is 299 g/mol. The van der Waals surface area contributed by atoms with Crippen molar-refractivity contribution >= 4 is 16.9 Å². The van der Waals surface area contributed by atoms with Gasteiger partial charge in [0, 0.05) is 17.1 Å². The molecule has 0 amide bonds. The molecule has 1 aromatic carbocycles. The Labute approximate surface area is 124 Å². The summed E-state index contributed by atoms with van der Waals surface area (Å²) in [5.74, 6) is -0.518. The number of aromatic nitrogens is 1. The van der Waals surface area contributed by atoms with Gasteiger partial charge >= 0.3 is 12.1 Å². The summed E-state index contributed by atoms with van der Waals surface area (Å²) < 4.78 is 44.6. The Hall–Kier alpha value is -2.31. The van der Waals surface area contributed by atoms with E-state index in [2.05, 4.69) is 0 Å². The normalized spacial score (nSPS) is 11.7. The van der Waals surface area contributed by atoms with E-state index in [-0.39, 0.29) is 24.1 Å². The lowest BCUT2D eigenvalue weighted by atomic mass is 10.1. The summed E-state index contributed by atoms with van der Waals surface area (Å²) in [6.07, 6.45) is -4.53. The summed E-state index contributed by atoms with van der Waals surface area (Å²) in [5, 5.41) is -0.0790. The number of pyridine rings is 1. The lowest BCUT2D eigenvalue weighted by molar-refractivity contribution is -0.143. The molecule has 0 saturated carbocycles. The van der Waals surface area contributed by atoms with Crippen molar-refractivity contribution in [2.45, 2.75) is 26.6 Å². The molecule has 7 heteroatoms. The Morgan fingerprint density at radius 1 is 1.27 bits per heavy atom. The number of nitrogens with zero attached hydrogens (tertiary/aromatic N) is 1. The molecule has 0 aliphatic rings. The number of benzene rings is 1. The average Bonchev–Trinajstić information content (AvgIpc) is 2.42. The van der Waals surface area contributed by atoms with Crippen LogP contribution >= 0.6 is 0 Å². The third-order valence-corrected chi connectivity index (χ3v) is 3.24. The maximum atomic E-state index is 12.8. The van der Waals surface area contributed by atoms with E-state index >= 15 is 0 Å². The van der Waals surface area contributed by atoms with Crippen LogP contribution < -0.4 is 5.43 Å². The SMILES string of the molecule is CCOC(=O)Cn1c(C)cc(=O)c2cc(C(F)(F)F)ccc21. The molecule has 0 aliphatic heterocycles. The fourth-order valence-electron chi connectivity index (χ4n) is 2.23. The molecule has 0 radical (unpaired) electrons. The highest BCUT2D eigenvalue weighted by Crippen LogP contribution is 2.30. The first-order chi connectivity index (χ1) is 10.2. The van der Waals surface area contributed by atoms with Gasteiger partial charge in [0.1, 0.15) is 6.54 Å². The highest BCUT2D eigenvalue weighted by atomic mass is 19.4. The zero-order chi connectivity index (χ0) is 16.5. The van der Waals surface area contributed by atoms with Crippen LogP contribution in [0.2, 0.25) is 0 Å². The second-order valence-electron chi connectivity index (χ2n) is 4.77. The molecule has 4 nitrogen and oxygen atoms in total. The van der Waals surface area contributed by atoms with Gasteiger partial charge in [-0.3, -0.25) is 9.59 Å². The third kappa shape index (κ3) is 3.13. The first-order valence-electron chi connectivity index (χ1n) is 6.61. The smallest absolute Gasteiger partial charge is 0.416 e. The summed E-state index contributed by atoms with van der Waals surface area (Å²) in [4.78, 5) is 23.6. The van der Waals surface area contributed by atoms with Gasteiger partial charge in [0.05, 0.1) is 17.7 Å². The number of halogens is 3. The number of carbonyl (C=O) groups excluding carboxylic acids is 1. The van der Waals surface area contributed by atoms with E-state index in [4.69, 9.17) is 4.74 Å². The molecular formula is C15H14F3NO3. The molecule has 2 aromatic rings. The van der Waals surface area contributed by atoms with Crippen molar-refractivity contribution in [1.29, 1.82) is 0 Å². The van der Waals surface area contributed by atoms with Crippen molar-refractivity contribution in [1.82, 2.24) is 4.57 Å². The maximum Gasteiger partial charge on any atom is 0.416 e. The van der Waals surface area contributed by atoms with Crippen molar-refractivity contribution in [2.24, 2.45) is 0 Å². The standard InChI is InChI=1S/C15H14F3NO3/c1-3-22-14(21)8-19-9(2)6-13(20)11-7-10(15(16,17)18)4-5-12(11)19/h4-7H,3,8H2,1-2H3. The molecule has 0 spiro atoms. The molecule has 0 saturated heterocycles. The summed E-state index contributed by atoms with van der Waals surface area (Å²) >= 11 is 0. The lowest BCUT2D eigenvalue weighted by Gasteiger charge is -2.15. The zero-order valence-corrected chi connectivity index (χ0v) is 12.0. The van der Waals surface area contributed by atoms with E-state index in [1.165, 1.54) is 16.7 Å². The van der Waals surface area contributed by atoms with Crippen molar-refractivity contribution in [3.63, 3.8) is 0 Å². The Balaban J connectivity index is 2.63. The number of rotatable bonds is 3. The van der Waals surface area contributed by atoms with Gasteiger partial charge in [-0.1, -0.05) is 0 Å². The number of aryl methyl sites for hydroxylation is 1. The summed E-state index contributed by atoms with van der Waals surface area (Å²) in [7, 11) is 0. The van der Waals surface area contributed by atoms with Gasteiger partial charge in [-0.2, -0.15) is 13.2 Å². The Bertz CT molecular complexity index is 778. The van der Waals surface area contributed by atoms with Gasteiger partial charge in [-0.25, -0.2) is 0 Å². The molecule has 0 bridgehead atoms. The molecule has 0 N–H and O–H groups in total. The highest BCUT2D eigenvalue weighted by molar-refractivity contribution is 5.82. The van der Waals surface area contributed by atoms with Crippen LogP contribution in [-0.2, 0) is 22.3 Å². The van der Waals surface area contributed by atoms with Crippen LogP contribution in [0.5, 0.6) is 0 Å². The fourth-order valence-corrected chi connectivity index (χ4v) is 2.23. The van der Waals surface area contributed by atoms with E-state index in [0.29, 0.717) is 5.69 Å². The lowest BCUT2D eigenvalue weighted by Crippen LogP contribution is -2.19. The summed E-state index contributed by atoms with van der Waals surface area (Å²) in [6, 6.07) is 4.11. The molecule has 0 atom stereocenters. The van der Waals surface area contributed by atoms with Crippen LogP contribution in [0.15, 0.2) is 29.1 Å². The number of ether oxygens (including phenoxy) is 1. The average molecular weight is 313 g/mol. The number of carbonyl (C=O) groups is 1. The maximum absolute atomic E-state index is 12.8. The quantitative estimate of drug-likeness (QED) is 0.819. The minimum Gasteiger partial charge on any atom is -0.465 e. The van der Waals surface area contributed by atoms with E-state index in [9.17, 15) is 22.8 Å². The second-order valence-corrected chi connectivity index (χ2v) is 4.77. The van der Waals surface area contributed by atoms with E-state index < -0.39 is 23.1 Å². The molecule has 0 unspecified atom stereocenters. The number of hydrogen-bond acceptors (Lipinski definition) is 3. The van der Waals surface area contributed by atoms with Gasteiger partial charge in [0.15, 0.2) is 5.43 Å². The number of alkyl halides is 3. The fraction of sp³-hybridized carbons (Fsp3) is 0.333. The van der Waals surface area contributed by atoms with Gasteiger partial charge in [0.25, 0.3) is 0 Å². The molecule has 0 fully saturated rings. The van der Waals surface area contributed by atoms with Crippen molar-refractivity contribution in [2.75, 3.05) is 6.61 Å². The molecule has 118 valence electrons. The largest absolute Gasteiger partial charge is 0.465 e. The Morgan fingerprint density at radius 2 is 1.95 bits per heavy atom. The van der Waals surface area contributed by atoms with Crippen LogP contribution in [0.25, 0.3) is 10.9 Å². The second kappa shape index (κ2) is 5.82. The number of esters is 1. The number of hydrogen-bond donors (Lipinski definition) is 0. The first-order valence-corrected chi connectivity index (χ1v) is 6.61.